The number of rotatable bonds is 13. The summed E-state index contributed by atoms with van der Waals surface area (Å²) in [6.07, 6.45) is 7.58. The maximum Gasteiger partial charge on any atom is 0.420 e. The van der Waals surface area contributed by atoms with Gasteiger partial charge in [0.15, 0.2) is 0 Å². The first kappa shape index (κ1) is 39.6. The minimum Gasteiger partial charge on any atom is -0.490 e. The summed E-state index contributed by atoms with van der Waals surface area (Å²) in [7, 11) is -1.87. The lowest BCUT2D eigenvalue weighted by molar-refractivity contribution is 0.0135. The number of allylic oxidation sites excluding steroid dienone is 1. The van der Waals surface area contributed by atoms with Crippen LogP contribution in [0, 0.1) is 17.8 Å². The number of carbonyl (C=O) groups excluding carboxylic acids is 2. The van der Waals surface area contributed by atoms with Crippen LogP contribution in [-0.4, -0.2) is 54.9 Å². The zero-order chi connectivity index (χ0) is 38.5. The molecule has 1 N–H and O–H groups in total. The van der Waals surface area contributed by atoms with Gasteiger partial charge < -0.3 is 19.1 Å². The molecule has 54 heavy (non-hydrogen) atoms. The number of carbonyl (C=O) groups is 2. The summed E-state index contributed by atoms with van der Waals surface area (Å²) in [4.78, 5) is 29.5. The van der Waals surface area contributed by atoms with Crippen LogP contribution in [0.15, 0.2) is 96.4 Å². The Hall–Kier alpha value is -4.12. The highest BCUT2D eigenvalue weighted by atomic mass is 35.5. The van der Waals surface area contributed by atoms with E-state index in [-0.39, 0.29) is 28.8 Å². The summed E-state index contributed by atoms with van der Waals surface area (Å²) in [5.41, 5.74) is 4.01. The summed E-state index contributed by atoms with van der Waals surface area (Å²) in [5, 5.41) is 0.726. The predicted octanol–water partition coefficient (Wildman–Crippen LogP) is 9.26. The van der Waals surface area contributed by atoms with Crippen molar-refractivity contribution in [2.24, 2.45) is 22.1 Å². The molecule has 0 saturated heterocycles. The molecule has 11 heteroatoms. The molecule has 1 heterocycles. The van der Waals surface area contributed by atoms with Crippen molar-refractivity contribution in [3.8, 4) is 5.75 Å². The molecule has 2 aliphatic carbocycles. The highest BCUT2D eigenvalue weighted by Crippen LogP contribution is 2.47. The van der Waals surface area contributed by atoms with Crippen LogP contribution in [-0.2, 0) is 31.2 Å². The Morgan fingerprint density at radius 2 is 1.93 bits per heavy atom. The summed E-state index contributed by atoms with van der Waals surface area (Å²) in [6, 6.07) is 20.7. The molecule has 1 fully saturated rings. The van der Waals surface area contributed by atoms with Gasteiger partial charge in [0.1, 0.15) is 21.8 Å². The molecule has 0 aromatic heterocycles. The number of fused-ring (bicyclic) bond motifs is 3. The first-order valence-corrected chi connectivity index (χ1v) is 20.9. The van der Waals surface area contributed by atoms with E-state index in [1.54, 1.807) is 38.3 Å². The number of aryl methyl sites for hydroxylation is 1. The van der Waals surface area contributed by atoms with Crippen LogP contribution < -0.4 is 14.4 Å². The zero-order valence-corrected chi connectivity index (χ0v) is 33.1. The van der Waals surface area contributed by atoms with Gasteiger partial charge in [0.2, 0.25) is 0 Å². The molecule has 0 bridgehead atoms. The number of amides is 2. The van der Waals surface area contributed by atoms with E-state index in [0.29, 0.717) is 37.2 Å². The van der Waals surface area contributed by atoms with Crippen LogP contribution in [0.25, 0.3) is 0 Å². The van der Waals surface area contributed by atoms with Crippen LogP contribution in [0.3, 0.4) is 0 Å². The molecule has 0 radical (unpaired) electrons. The van der Waals surface area contributed by atoms with Crippen molar-refractivity contribution in [1.29, 1.82) is 0 Å². The molecule has 288 valence electrons. The Kier molecular flexibility index (Phi) is 12.6. The fraction of sp³-hybridized carbons (Fsp3) is 0.442. The molecule has 1 aliphatic heterocycles. The quantitative estimate of drug-likeness (QED) is 0.173. The predicted molar refractivity (Wildman–Crippen MR) is 216 cm³/mol. The average Bonchev–Trinajstić information content (AvgIpc) is 3.28. The van der Waals surface area contributed by atoms with Gasteiger partial charge in [-0.05, 0) is 110 Å². The molecule has 1 saturated carbocycles. The number of nitrogens with zero attached hydrogens (tertiary/aromatic N) is 2. The Morgan fingerprint density at radius 1 is 1.13 bits per heavy atom. The van der Waals surface area contributed by atoms with Crippen LogP contribution in [0.1, 0.15) is 79.1 Å². The van der Waals surface area contributed by atoms with E-state index >= 15 is 0 Å². The van der Waals surface area contributed by atoms with Crippen molar-refractivity contribution < 1.29 is 28.0 Å². The van der Waals surface area contributed by atoms with Gasteiger partial charge in [-0.25, -0.2) is 13.7 Å². The molecule has 3 aromatic rings. The summed E-state index contributed by atoms with van der Waals surface area (Å²) < 4.78 is 39.1. The van der Waals surface area contributed by atoms with Gasteiger partial charge >= 0.3 is 6.09 Å². The largest absolute Gasteiger partial charge is 0.490 e. The highest BCUT2D eigenvalue weighted by Gasteiger charge is 2.44. The molecule has 2 amide bonds. The van der Waals surface area contributed by atoms with E-state index in [1.165, 1.54) is 11.1 Å². The van der Waals surface area contributed by atoms with Crippen molar-refractivity contribution >= 4 is 39.2 Å². The average molecular weight is 774 g/mol. The first-order chi connectivity index (χ1) is 26.0. The number of hydrogen-bond acceptors (Lipinski definition) is 7. The minimum atomic E-state index is -3.60. The zero-order valence-electron chi connectivity index (χ0n) is 31.5. The van der Waals surface area contributed by atoms with Gasteiger partial charge in [-0.2, -0.15) is 0 Å². The smallest absolute Gasteiger partial charge is 0.420 e. The van der Waals surface area contributed by atoms with Crippen molar-refractivity contribution in [3.63, 3.8) is 0 Å². The van der Waals surface area contributed by atoms with Gasteiger partial charge in [-0.1, -0.05) is 67.1 Å². The van der Waals surface area contributed by atoms with Crippen molar-refractivity contribution in [2.75, 3.05) is 37.5 Å². The SMILES string of the molecule is C=CC[C@H](C)CS(=O)(=NC(=O)c1ccc2c(c1)N(C[C@@H]1CC[C@H]1[C@H](C=C)OC)C[C@@]1(CCCc3cc(Cl)ccc31)CO2)NC(=O)O[C@@H](C)c1ccccc1. The van der Waals surface area contributed by atoms with E-state index in [9.17, 15) is 13.8 Å². The second-order valence-electron chi connectivity index (χ2n) is 15.1. The second kappa shape index (κ2) is 17.1. The van der Waals surface area contributed by atoms with Gasteiger partial charge in [-0.3, -0.25) is 4.79 Å². The molecule has 9 nitrogen and oxygen atoms in total. The number of halogens is 1. The Morgan fingerprint density at radius 3 is 2.63 bits per heavy atom. The van der Waals surface area contributed by atoms with Crippen LogP contribution in [0.2, 0.25) is 5.02 Å². The van der Waals surface area contributed by atoms with Crippen molar-refractivity contribution in [1.82, 2.24) is 4.72 Å². The minimum absolute atomic E-state index is 0.0452. The lowest BCUT2D eigenvalue weighted by Gasteiger charge is -2.46. The fourth-order valence-electron chi connectivity index (χ4n) is 8.36. The third-order valence-corrected chi connectivity index (χ3v) is 13.4. The maximum absolute atomic E-state index is 14.4. The molecule has 7 atom stereocenters. The fourth-order valence-corrected chi connectivity index (χ4v) is 10.4. The van der Waals surface area contributed by atoms with E-state index in [1.807, 2.05) is 49.4 Å². The second-order valence-corrected chi connectivity index (χ2v) is 17.6. The Balaban J connectivity index is 1.33. The molecule has 1 spiro atoms. The number of methoxy groups -OCH3 is 1. The highest BCUT2D eigenvalue weighted by molar-refractivity contribution is 7.92. The number of anilines is 1. The summed E-state index contributed by atoms with van der Waals surface area (Å²) >= 11 is 6.46. The molecule has 1 unspecified atom stereocenters. The Bertz CT molecular complexity index is 1980. The Labute approximate surface area is 325 Å². The number of hydrogen-bond donors (Lipinski definition) is 1. The van der Waals surface area contributed by atoms with Crippen LogP contribution in [0.5, 0.6) is 5.75 Å². The topological polar surface area (TPSA) is 107 Å². The number of nitrogens with one attached hydrogen (secondary N) is 1. The summed E-state index contributed by atoms with van der Waals surface area (Å²) in [5.74, 6) is 0.399. The maximum atomic E-state index is 14.4. The third kappa shape index (κ3) is 8.88. The first-order valence-electron chi connectivity index (χ1n) is 18.9. The van der Waals surface area contributed by atoms with E-state index in [0.717, 1.165) is 54.9 Å². The lowest BCUT2D eigenvalue weighted by Crippen LogP contribution is -2.49. The number of ether oxygens (including phenoxy) is 3. The van der Waals surface area contributed by atoms with Crippen molar-refractivity contribution in [3.05, 3.63) is 119 Å². The molecular weight excluding hydrogens is 722 g/mol. The van der Waals surface area contributed by atoms with Gasteiger partial charge in [0.25, 0.3) is 5.91 Å². The standard InChI is InChI=1S/C43H52ClN3O6S/c1-6-12-29(3)26-54(50,46-42(49)53-30(4)31-13-9-8-10-14-31)45-41(48)33-17-21-40-38(24-33)47(25-34-16-19-36(34)39(7-2)51-5)27-43(28-52-40)22-11-15-32-23-35(44)18-20-37(32)43/h6-10,13-14,17-18,20-21,23-24,29-30,34,36,39H,1-2,11-12,15-16,19,22,25-28H2,3-5H3,(H,45,46,48,49,50)/t29-,30-,34-,36+,39-,43-,54?/m0/s1. The summed E-state index contributed by atoms with van der Waals surface area (Å²) in [6.45, 7) is 13.3. The lowest BCUT2D eigenvalue weighted by atomic mass is 9.68. The van der Waals surface area contributed by atoms with Gasteiger partial charge in [-0.15, -0.1) is 17.5 Å². The van der Waals surface area contributed by atoms with E-state index in [2.05, 4.69) is 39.3 Å². The third-order valence-electron chi connectivity index (χ3n) is 11.2. The normalized spacial score (nSPS) is 23.1. The van der Waals surface area contributed by atoms with Crippen LogP contribution >= 0.6 is 11.6 Å². The van der Waals surface area contributed by atoms with Gasteiger partial charge in [0, 0.05) is 36.2 Å². The van der Waals surface area contributed by atoms with Crippen molar-refractivity contribution in [2.45, 2.75) is 70.0 Å². The van der Waals surface area contributed by atoms with E-state index in [4.69, 9.17) is 25.8 Å². The van der Waals surface area contributed by atoms with Gasteiger partial charge in [0.05, 0.1) is 24.2 Å². The van der Waals surface area contributed by atoms with E-state index < -0.39 is 28.0 Å². The molecule has 3 aromatic carbocycles. The monoisotopic (exact) mass is 773 g/mol. The number of benzene rings is 3. The molecule has 3 aliphatic rings. The van der Waals surface area contributed by atoms with Crippen LogP contribution in [0.4, 0.5) is 10.5 Å². The molecule has 6 rings (SSSR count). The molecular formula is C43H52ClN3O6S.